The standard InChI is InChI=1S/C14H23N3.ClH/c1-17(12-14-3-2-7-16-11-14)10-6-13-4-8-15-9-5-13;/h4-5,8-9,14,16H,2-3,6-7,10-12H2,1H3;1H. The van der Waals surface area contributed by atoms with E-state index in [1.807, 2.05) is 12.4 Å². The van der Waals surface area contributed by atoms with Crippen LogP contribution in [-0.4, -0.2) is 43.1 Å². The molecule has 0 aromatic carbocycles. The first-order chi connectivity index (χ1) is 8.34. The predicted molar refractivity (Wildman–Crippen MR) is 78.3 cm³/mol. The third-order valence-corrected chi connectivity index (χ3v) is 3.50. The number of pyridine rings is 1. The van der Waals surface area contributed by atoms with Crippen LogP contribution < -0.4 is 5.32 Å². The minimum atomic E-state index is 0. The molecular formula is C14H24ClN3. The first-order valence-electron chi connectivity index (χ1n) is 6.63. The highest BCUT2D eigenvalue weighted by Crippen LogP contribution is 2.11. The van der Waals surface area contributed by atoms with Gasteiger partial charge in [-0.2, -0.15) is 0 Å². The molecule has 1 unspecified atom stereocenters. The van der Waals surface area contributed by atoms with Crippen molar-refractivity contribution >= 4 is 12.4 Å². The molecule has 4 heteroatoms. The number of hydrogen-bond donors (Lipinski definition) is 1. The fourth-order valence-corrected chi connectivity index (χ4v) is 2.48. The predicted octanol–water partition coefficient (Wildman–Crippen LogP) is 1.98. The summed E-state index contributed by atoms with van der Waals surface area (Å²) < 4.78 is 0. The fourth-order valence-electron chi connectivity index (χ4n) is 2.48. The van der Waals surface area contributed by atoms with E-state index in [1.165, 1.54) is 38.0 Å². The van der Waals surface area contributed by atoms with Crippen LogP contribution in [0.4, 0.5) is 0 Å². The van der Waals surface area contributed by atoms with Gasteiger partial charge in [-0.3, -0.25) is 4.98 Å². The second-order valence-electron chi connectivity index (χ2n) is 5.08. The Balaban J connectivity index is 0.00000162. The molecule has 1 aliphatic heterocycles. The molecule has 0 bridgehead atoms. The Hall–Kier alpha value is -0.640. The summed E-state index contributed by atoms with van der Waals surface area (Å²) in [5, 5.41) is 3.48. The van der Waals surface area contributed by atoms with Gasteiger partial charge in [0.1, 0.15) is 0 Å². The van der Waals surface area contributed by atoms with Crippen molar-refractivity contribution < 1.29 is 0 Å². The van der Waals surface area contributed by atoms with Crippen molar-refractivity contribution in [2.45, 2.75) is 19.3 Å². The Labute approximate surface area is 116 Å². The van der Waals surface area contributed by atoms with E-state index in [0.717, 1.165) is 18.9 Å². The van der Waals surface area contributed by atoms with Crippen LogP contribution in [0.3, 0.4) is 0 Å². The molecule has 1 saturated heterocycles. The number of halogens is 1. The number of aromatic nitrogens is 1. The molecule has 1 aliphatic rings. The third-order valence-electron chi connectivity index (χ3n) is 3.50. The second kappa shape index (κ2) is 8.46. The molecule has 1 aromatic heterocycles. The van der Waals surface area contributed by atoms with E-state index in [0.29, 0.717) is 0 Å². The van der Waals surface area contributed by atoms with Gasteiger partial charge in [-0.25, -0.2) is 0 Å². The van der Waals surface area contributed by atoms with Crippen LogP contribution in [0.25, 0.3) is 0 Å². The van der Waals surface area contributed by atoms with Gasteiger partial charge in [-0.05, 0) is 63.0 Å². The zero-order valence-electron chi connectivity index (χ0n) is 11.1. The zero-order valence-corrected chi connectivity index (χ0v) is 12.0. The molecule has 2 heterocycles. The van der Waals surface area contributed by atoms with Gasteiger partial charge in [0, 0.05) is 25.5 Å². The molecule has 1 fully saturated rings. The van der Waals surface area contributed by atoms with E-state index in [2.05, 4.69) is 34.4 Å². The minimum Gasteiger partial charge on any atom is -0.316 e. The molecule has 0 aliphatic carbocycles. The number of rotatable bonds is 5. The Morgan fingerprint density at radius 3 is 2.83 bits per heavy atom. The van der Waals surface area contributed by atoms with Crippen molar-refractivity contribution in [1.29, 1.82) is 0 Å². The number of likely N-dealkylation sites (N-methyl/N-ethyl adjacent to an activating group) is 1. The third kappa shape index (κ3) is 5.34. The van der Waals surface area contributed by atoms with Crippen LogP contribution in [0.1, 0.15) is 18.4 Å². The first kappa shape index (κ1) is 15.4. The largest absolute Gasteiger partial charge is 0.316 e. The molecule has 0 spiro atoms. The average Bonchev–Trinajstić information content (AvgIpc) is 2.39. The number of nitrogens with zero attached hydrogens (tertiary/aromatic N) is 2. The summed E-state index contributed by atoms with van der Waals surface area (Å²) in [7, 11) is 2.23. The van der Waals surface area contributed by atoms with E-state index < -0.39 is 0 Å². The van der Waals surface area contributed by atoms with Crippen molar-refractivity contribution in [3.63, 3.8) is 0 Å². The summed E-state index contributed by atoms with van der Waals surface area (Å²) in [6.07, 6.45) is 7.59. The Kier molecular flexibility index (Phi) is 7.25. The van der Waals surface area contributed by atoms with Gasteiger partial charge in [0.05, 0.1) is 0 Å². The molecular weight excluding hydrogens is 246 g/mol. The summed E-state index contributed by atoms with van der Waals surface area (Å²) in [6.45, 7) is 4.76. The lowest BCUT2D eigenvalue weighted by atomic mass is 9.99. The van der Waals surface area contributed by atoms with Gasteiger partial charge in [0.2, 0.25) is 0 Å². The molecule has 0 saturated carbocycles. The molecule has 18 heavy (non-hydrogen) atoms. The monoisotopic (exact) mass is 269 g/mol. The van der Waals surface area contributed by atoms with Crippen LogP contribution in [0.5, 0.6) is 0 Å². The highest BCUT2D eigenvalue weighted by atomic mass is 35.5. The number of nitrogens with one attached hydrogen (secondary N) is 1. The van der Waals surface area contributed by atoms with E-state index in [-0.39, 0.29) is 12.4 Å². The minimum absolute atomic E-state index is 0. The van der Waals surface area contributed by atoms with Gasteiger partial charge in [0.25, 0.3) is 0 Å². The second-order valence-corrected chi connectivity index (χ2v) is 5.08. The van der Waals surface area contributed by atoms with E-state index in [4.69, 9.17) is 0 Å². The SMILES string of the molecule is CN(CCc1ccncc1)CC1CCCNC1.Cl. The lowest BCUT2D eigenvalue weighted by Crippen LogP contribution is -2.37. The molecule has 0 amide bonds. The maximum Gasteiger partial charge on any atom is 0.0270 e. The van der Waals surface area contributed by atoms with Crippen LogP contribution in [0.15, 0.2) is 24.5 Å². The Morgan fingerprint density at radius 2 is 2.17 bits per heavy atom. The summed E-state index contributed by atoms with van der Waals surface area (Å²) >= 11 is 0. The molecule has 3 nitrogen and oxygen atoms in total. The van der Waals surface area contributed by atoms with Gasteiger partial charge in [-0.1, -0.05) is 0 Å². The molecule has 1 aromatic rings. The van der Waals surface area contributed by atoms with Gasteiger partial charge < -0.3 is 10.2 Å². The van der Waals surface area contributed by atoms with E-state index >= 15 is 0 Å². The van der Waals surface area contributed by atoms with Crippen molar-refractivity contribution in [2.75, 3.05) is 33.2 Å². The summed E-state index contributed by atoms with van der Waals surface area (Å²) in [4.78, 5) is 6.50. The molecule has 1 N–H and O–H groups in total. The summed E-state index contributed by atoms with van der Waals surface area (Å²) in [5.41, 5.74) is 1.38. The Bertz CT molecular complexity index is 312. The molecule has 2 rings (SSSR count). The van der Waals surface area contributed by atoms with Crippen molar-refractivity contribution in [2.24, 2.45) is 5.92 Å². The molecule has 102 valence electrons. The van der Waals surface area contributed by atoms with Gasteiger partial charge in [0.15, 0.2) is 0 Å². The maximum absolute atomic E-state index is 4.04. The topological polar surface area (TPSA) is 28.2 Å². The van der Waals surface area contributed by atoms with Crippen molar-refractivity contribution in [3.05, 3.63) is 30.1 Å². The fraction of sp³-hybridized carbons (Fsp3) is 0.643. The number of hydrogen-bond acceptors (Lipinski definition) is 3. The zero-order chi connectivity index (χ0) is 11.9. The normalized spacial score (nSPS) is 19.6. The lowest BCUT2D eigenvalue weighted by Gasteiger charge is -2.27. The molecule has 1 atom stereocenters. The molecule has 0 radical (unpaired) electrons. The summed E-state index contributed by atoms with van der Waals surface area (Å²) in [6, 6.07) is 4.21. The average molecular weight is 270 g/mol. The van der Waals surface area contributed by atoms with Crippen LogP contribution in [-0.2, 0) is 6.42 Å². The lowest BCUT2D eigenvalue weighted by molar-refractivity contribution is 0.245. The van der Waals surface area contributed by atoms with Gasteiger partial charge in [-0.15, -0.1) is 12.4 Å². The van der Waals surface area contributed by atoms with Crippen LogP contribution >= 0.6 is 12.4 Å². The van der Waals surface area contributed by atoms with Crippen molar-refractivity contribution in [3.8, 4) is 0 Å². The Morgan fingerprint density at radius 1 is 1.39 bits per heavy atom. The summed E-state index contributed by atoms with van der Waals surface area (Å²) in [5.74, 6) is 0.839. The highest BCUT2D eigenvalue weighted by Gasteiger charge is 2.14. The number of piperidine rings is 1. The van der Waals surface area contributed by atoms with Crippen LogP contribution in [0, 0.1) is 5.92 Å². The van der Waals surface area contributed by atoms with Crippen molar-refractivity contribution in [1.82, 2.24) is 15.2 Å². The first-order valence-corrected chi connectivity index (χ1v) is 6.63. The maximum atomic E-state index is 4.04. The van der Waals surface area contributed by atoms with E-state index in [9.17, 15) is 0 Å². The van der Waals surface area contributed by atoms with Crippen LogP contribution in [0.2, 0.25) is 0 Å². The van der Waals surface area contributed by atoms with Gasteiger partial charge >= 0.3 is 0 Å². The van der Waals surface area contributed by atoms with E-state index in [1.54, 1.807) is 0 Å². The highest BCUT2D eigenvalue weighted by molar-refractivity contribution is 5.85. The smallest absolute Gasteiger partial charge is 0.0270 e. The quantitative estimate of drug-likeness (QED) is 0.886.